The molecule has 1 aromatic heterocycles. The highest BCUT2D eigenvalue weighted by Gasteiger charge is 2.15. The van der Waals surface area contributed by atoms with Crippen molar-refractivity contribution in [3.8, 4) is 16.8 Å². The highest BCUT2D eigenvalue weighted by Crippen LogP contribution is 2.32. The minimum atomic E-state index is -0.168. The van der Waals surface area contributed by atoms with E-state index >= 15 is 0 Å². The van der Waals surface area contributed by atoms with Crippen LogP contribution in [0.15, 0.2) is 48.7 Å². The SMILES string of the molecule is CCC(CC)c1ccc(-c2ccc(C)c(F)c2)cc1-n1ccc(C)n1. The van der Waals surface area contributed by atoms with Crippen molar-refractivity contribution in [1.29, 1.82) is 0 Å². The van der Waals surface area contributed by atoms with Gasteiger partial charge in [-0.3, -0.25) is 0 Å². The van der Waals surface area contributed by atoms with E-state index in [4.69, 9.17) is 0 Å². The van der Waals surface area contributed by atoms with Crippen LogP contribution in [0.1, 0.15) is 49.4 Å². The van der Waals surface area contributed by atoms with Gasteiger partial charge < -0.3 is 0 Å². The second-order valence-corrected chi connectivity index (χ2v) is 6.65. The molecule has 3 aromatic rings. The van der Waals surface area contributed by atoms with E-state index in [1.807, 2.05) is 36.0 Å². The number of nitrogens with zero attached hydrogens (tertiary/aromatic N) is 2. The lowest BCUT2D eigenvalue weighted by atomic mass is 9.90. The first-order valence-corrected chi connectivity index (χ1v) is 8.96. The number of halogens is 1. The van der Waals surface area contributed by atoms with Gasteiger partial charge in [0.1, 0.15) is 5.82 Å². The average Bonchev–Trinajstić information content (AvgIpc) is 3.05. The number of aromatic nitrogens is 2. The maximum absolute atomic E-state index is 14.0. The molecule has 0 bridgehead atoms. The van der Waals surface area contributed by atoms with Crippen LogP contribution in [0.3, 0.4) is 0 Å². The fourth-order valence-electron chi connectivity index (χ4n) is 3.32. The van der Waals surface area contributed by atoms with Crippen LogP contribution in [0.2, 0.25) is 0 Å². The smallest absolute Gasteiger partial charge is 0.126 e. The van der Waals surface area contributed by atoms with Crippen molar-refractivity contribution < 1.29 is 4.39 Å². The summed E-state index contributed by atoms with van der Waals surface area (Å²) < 4.78 is 15.9. The van der Waals surface area contributed by atoms with E-state index in [1.54, 1.807) is 13.0 Å². The van der Waals surface area contributed by atoms with Gasteiger partial charge in [0.25, 0.3) is 0 Å². The molecule has 130 valence electrons. The van der Waals surface area contributed by atoms with E-state index in [0.29, 0.717) is 11.5 Å². The third kappa shape index (κ3) is 3.51. The van der Waals surface area contributed by atoms with Gasteiger partial charge in [-0.25, -0.2) is 9.07 Å². The Balaban J connectivity index is 2.15. The molecule has 0 fully saturated rings. The van der Waals surface area contributed by atoms with Crippen LogP contribution in [0.25, 0.3) is 16.8 Å². The van der Waals surface area contributed by atoms with Gasteiger partial charge in [-0.05, 0) is 73.1 Å². The second kappa shape index (κ2) is 7.22. The molecule has 0 spiro atoms. The topological polar surface area (TPSA) is 17.8 Å². The largest absolute Gasteiger partial charge is 0.240 e. The summed E-state index contributed by atoms with van der Waals surface area (Å²) in [6.07, 6.45) is 4.17. The second-order valence-electron chi connectivity index (χ2n) is 6.65. The summed E-state index contributed by atoms with van der Waals surface area (Å²) in [4.78, 5) is 0. The van der Waals surface area contributed by atoms with Crippen molar-refractivity contribution in [3.63, 3.8) is 0 Å². The number of hydrogen-bond donors (Lipinski definition) is 0. The average molecular weight is 336 g/mol. The predicted octanol–water partition coefficient (Wildman–Crippen LogP) is 6.20. The summed E-state index contributed by atoms with van der Waals surface area (Å²) in [5.74, 6) is 0.321. The van der Waals surface area contributed by atoms with Crippen molar-refractivity contribution in [2.24, 2.45) is 0 Å². The van der Waals surface area contributed by atoms with Crippen molar-refractivity contribution in [2.45, 2.75) is 46.5 Å². The van der Waals surface area contributed by atoms with Crippen LogP contribution in [0.5, 0.6) is 0 Å². The summed E-state index contributed by atoms with van der Waals surface area (Å²) in [6.45, 7) is 8.21. The first-order valence-electron chi connectivity index (χ1n) is 8.96. The Kier molecular flexibility index (Phi) is 5.03. The van der Waals surface area contributed by atoms with E-state index in [-0.39, 0.29) is 5.82 Å². The number of rotatable bonds is 5. The van der Waals surface area contributed by atoms with Crippen LogP contribution in [0, 0.1) is 19.7 Å². The molecule has 0 aliphatic heterocycles. The van der Waals surface area contributed by atoms with Gasteiger partial charge >= 0.3 is 0 Å². The zero-order valence-corrected chi connectivity index (χ0v) is 15.4. The molecular weight excluding hydrogens is 311 g/mol. The molecule has 0 atom stereocenters. The van der Waals surface area contributed by atoms with Crippen molar-refractivity contribution >= 4 is 0 Å². The monoisotopic (exact) mass is 336 g/mol. The summed E-state index contributed by atoms with van der Waals surface area (Å²) in [6, 6.07) is 13.8. The molecule has 0 aliphatic rings. The van der Waals surface area contributed by atoms with Crippen molar-refractivity contribution in [1.82, 2.24) is 9.78 Å². The van der Waals surface area contributed by atoms with Gasteiger partial charge in [-0.15, -0.1) is 0 Å². The number of benzene rings is 2. The molecule has 0 unspecified atom stereocenters. The van der Waals surface area contributed by atoms with E-state index < -0.39 is 0 Å². The highest BCUT2D eigenvalue weighted by atomic mass is 19.1. The normalized spacial score (nSPS) is 11.3. The van der Waals surface area contributed by atoms with E-state index in [2.05, 4.69) is 37.1 Å². The minimum absolute atomic E-state index is 0.168. The number of hydrogen-bond acceptors (Lipinski definition) is 1. The fraction of sp³-hybridized carbons (Fsp3) is 0.318. The Labute approximate surface area is 149 Å². The van der Waals surface area contributed by atoms with Gasteiger partial charge in [-0.1, -0.05) is 38.1 Å². The summed E-state index contributed by atoms with van der Waals surface area (Å²) in [5, 5.41) is 4.60. The predicted molar refractivity (Wildman–Crippen MR) is 102 cm³/mol. The van der Waals surface area contributed by atoms with Crippen LogP contribution < -0.4 is 0 Å². The van der Waals surface area contributed by atoms with Gasteiger partial charge in [0, 0.05) is 6.20 Å². The molecule has 3 heteroatoms. The molecule has 0 N–H and O–H groups in total. The van der Waals surface area contributed by atoms with Crippen LogP contribution in [0.4, 0.5) is 4.39 Å². The zero-order valence-electron chi connectivity index (χ0n) is 15.4. The van der Waals surface area contributed by atoms with Gasteiger partial charge in [-0.2, -0.15) is 5.10 Å². The Morgan fingerprint density at radius 3 is 2.24 bits per heavy atom. The molecule has 0 radical (unpaired) electrons. The minimum Gasteiger partial charge on any atom is -0.240 e. The molecule has 3 rings (SSSR count). The van der Waals surface area contributed by atoms with E-state index in [9.17, 15) is 4.39 Å². The molecule has 0 saturated carbocycles. The lowest BCUT2D eigenvalue weighted by Crippen LogP contribution is -2.05. The summed E-state index contributed by atoms with van der Waals surface area (Å²) in [5.41, 5.74) is 5.94. The third-order valence-corrected chi connectivity index (χ3v) is 4.93. The Morgan fingerprint density at radius 2 is 1.64 bits per heavy atom. The molecule has 2 aromatic carbocycles. The number of aryl methyl sites for hydroxylation is 2. The Morgan fingerprint density at radius 1 is 0.960 bits per heavy atom. The Hall–Kier alpha value is -2.42. The van der Waals surface area contributed by atoms with Gasteiger partial charge in [0.15, 0.2) is 0 Å². The molecule has 1 heterocycles. The first-order chi connectivity index (χ1) is 12.0. The lowest BCUT2D eigenvalue weighted by molar-refractivity contribution is 0.619. The van der Waals surface area contributed by atoms with Crippen molar-refractivity contribution in [2.75, 3.05) is 0 Å². The fourth-order valence-corrected chi connectivity index (χ4v) is 3.32. The molecular formula is C22H25FN2. The molecule has 0 aliphatic carbocycles. The molecule has 0 amide bonds. The van der Waals surface area contributed by atoms with E-state index in [1.165, 1.54) is 5.56 Å². The van der Waals surface area contributed by atoms with Gasteiger partial charge in [0.2, 0.25) is 0 Å². The molecule has 0 saturated heterocycles. The summed E-state index contributed by atoms with van der Waals surface area (Å²) >= 11 is 0. The highest BCUT2D eigenvalue weighted by molar-refractivity contribution is 5.68. The maximum atomic E-state index is 14.0. The van der Waals surface area contributed by atoms with E-state index in [0.717, 1.165) is 35.3 Å². The van der Waals surface area contributed by atoms with Gasteiger partial charge in [0.05, 0.1) is 11.4 Å². The van der Waals surface area contributed by atoms with Crippen molar-refractivity contribution in [3.05, 3.63) is 71.3 Å². The lowest BCUT2D eigenvalue weighted by Gasteiger charge is -2.19. The van der Waals surface area contributed by atoms with Crippen LogP contribution in [-0.2, 0) is 0 Å². The zero-order chi connectivity index (χ0) is 18.0. The molecule has 25 heavy (non-hydrogen) atoms. The maximum Gasteiger partial charge on any atom is 0.126 e. The molecule has 2 nitrogen and oxygen atoms in total. The Bertz CT molecular complexity index is 875. The first kappa shape index (κ1) is 17.4. The van der Waals surface area contributed by atoms with Crippen LogP contribution in [-0.4, -0.2) is 9.78 Å². The summed E-state index contributed by atoms with van der Waals surface area (Å²) in [7, 11) is 0. The quantitative estimate of drug-likeness (QED) is 0.542. The standard InChI is InChI=1S/C22H25FN2/c1-5-17(6-2)20-10-9-19(18-8-7-15(3)21(23)13-18)14-22(20)25-12-11-16(4)24-25/h7-14,17H,5-6H2,1-4H3. The third-order valence-electron chi connectivity index (χ3n) is 4.93. The van der Waals surface area contributed by atoms with Crippen LogP contribution >= 0.6 is 0 Å².